The molecule has 20 heavy (non-hydrogen) atoms. The van der Waals surface area contributed by atoms with Gasteiger partial charge in [0.05, 0.1) is 12.2 Å². The second-order valence-electron chi connectivity index (χ2n) is 3.77. The fourth-order valence-corrected chi connectivity index (χ4v) is 1.44. The number of aromatic hydroxyl groups is 1. The smallest absolute Gasteiger partial charge is 0.168 e. The molecule has 0 atom stereocenters. The van der Waals surface area contributed by atoms with Crippen LogP contribution < -0.4 is 4.74 Å². The topological polar surface area (TPSA) is 63.6 Å². The zero-order chi connectivity index (χ0) is 14.8. The lowest BCUT2D eigenvalue weighted by Gasteiger charge is -2.05. The van der Waals surface area contributed by atoms with E-state index in [1.54, 1.807) is 24.3 Å². The fourth-order valence-electron chi connectivity index (χ4n) is 1.44. The number of hydrogen-bond donors (Lipinski definition) is 1. The summed E-state index contributed by atoms with van der Waals surface area (Å²) in [6, 6.07) is 13.9. The molecule has 2 aromatic carbocycles. The summed E-state index contributed by atoms with van der Waals surface area (Å²) in [7, 11) is 0. The van der Waals surface area contributed by atoms with Crippen molar-refractivity contribution in [3.05, 3.63) is 59.7 Å². The van der Waals surface area contributed by atoms with Crippen LogP contribution in [0.25, 0.3) is 0 Å². The van der Waals surface area contributed by atoms with Gasteiger partial charge in [0.2, 0.25) is 0 Å². The Morgan fingerprint density at radius 2 is 1.70 bits per heavy atom. The first-order valence-corrected chi connectivity index (χ1v) is 6.13. The number of hydrogen-bond acceptors (Lipinski definition) is 4. The van der Waals surface area contributed by atoms with Crippen LogP contribution in [-0.4, -0.2) is 24.3 Å². The first-order chi connectivity index (χ1) is 9.72. The summed E-state index contributed by atoms with van der Waals surface area (Å²) in [5, 5.41) is 9.36. The van der Waals surface area contributed by atoms with Crippen molar-refractivity contribution in [2.75, 3.05) is 6.61 Å². The highest BCUT2D eigenvalue weighted by Crippen LogP contribution is 2.28. The molecule has 0 heterocycles. The first-order valence-electron chi connectivity index (χ1n) is 6.13. The standard InChI is InChI=1S/C9H10O3.C7H6O/c1-2-12-8-5-3-4-7(6-10)9(8)11;8-6-7-4-2-1-3-5-7/h3-6,11H,2H2,1H3;1-6H. The third-order valence-corrected chi connectivity index (χ3v) is 2.39. The van der Waals surface area contributed by atoms with E-state index in [2.05, 4.69) is 0 Å². The Hall–Kier alpha value is -2.62. The summed E-state index contributed by atoms with van der Waals surface area (Å²) in [6.07, 6.45) is 1.43. The van der Waals surface area contributed by atoms with Crippen LogP contribution in [0.15, 0.2) is 48.5 Å². The van der Waals surface area contributed by atoms with Gasteiger partial charge in [-0.1, -0.05) is 36.4 Å². The number of rotatable bonds is 4. The molecule has 4 nitrogen and oxygen atoms in total. The number of phenolic OH excluding ortho intramolecular Hbond substituents is 1. The largest absolute Gasteiger partial charge is 0.504 e. The van der Waals surface area contributed by atoms with E-state index in [9.17, 15) is 14.7 Å². The molecule has 4 heteroatoms. The molecular weight excluding hydrogens is 256 g/mol. The molecule has 0 amide bonds. The van der Waals surface area contributed by atoms with E-state index < -0.39 is 0 Å². The summed E-state index contributed by atoms with van der Waals surface area (Å²) in [5.74, 6) is 0.261. The van der Waals surface area contributed by atoms with Crippen LogP contribution in [0, 0.1) is 0 Å². The molecule has 2 aromatic rings. The molecule has 0 fully saturated rings. The van der Waals surface area contributed by atoms with Gasteiger partial charge in [0.25, 0.3) is 0 Å². The molecule has 2 rings (SSSR count). The molecule has 0 bridgehead atoms. The van der Waals surface area contributed by atoms with E-state index in [1.165, 1.54) is 6.07 Å². The van der Waals surface area contributed by atoms with Gasteiger partial charge in [-0.15, -0.1) is 0 Å². The van der Waals surface area contributed by atoms with Crippen LogP contribution in [0.5, 0.6) is 11.5 Å². The van der Waals surface area contributed by atoms with E-state index in [1.807, 2.05) is 25.1 Å². The minimum Gasteiger partial charge on any atom is -0.504 e. The third kappa shape index (κ3) is 4.57. The van der Waals surface area contributed by atoms with Crippen LogP contribution in [0.1, 0.15) is 27.6 Å². The minimum absolute atomic E-state index is 0.0886. The van der Waals surface area contributed by atoms with Crippen molar-refractivity contribution >= 4 is 12.6 Å². The maximum Gasteiger partial charge on any atom is 0.168 e. The van der Waals surface area contributed by atoms with Crippen LogP contribution in [0.4, 0.5) is 0 Å². The van der Waals surface area contributed by atoms with Crippen molar-refractivity contribution in [3.8, 4) is 11.5 Å². The zero-order valence-electron chi connectivity index (χ0n) is 11.2. The van der Waals surface area contributed by atoms with Crippen molar-refractivity contribution < 1.29 is 19.4 Å². The van der Waals surface area contributed by atoms with E-state index in [-0.39, 0.29) is 11.3 Å². The van der Waals surface area contributed by atoms with Gasteiger partial charge in [0, 0.05) is 5.56 Å². The highest BCUT2D eigenvalue weighted by Gasteiger charge is 2.05. The van der Waals surface area contributed by atoms with Gasteiger partial charge in [-0.2, -0.15) is 0 Å². The van der Waals surface area contributed by atoms with Gasteiger partial charge in [-0.25, -0.2) is 0 Å². The van der Waals surface area contributed by atoms with Crippen LogP contribution in [-0.2, 0) is 0 Å². The second kappa shape index (κ2) is 8.48. The average Bonchev–Trinajstić information content (AvgIpc) is 2.51. The summed E-state index contributed by atoms with van der Waals surface area (Å²) in [5.41, 5.74) is 0.980. The number of benzene rings is 2. The van der Waals surface area contributed by atoms with Gasteiger partial charge in [0.1, 0.15) is 6.29 Å². The lowest BCUT2D eigenvalue weighted by atomic mass is 10.2. The van der Waals surface area contributed by atoms with Crippen LogP contribution >= 0.6 is 0 Å². The van der Waals surface area contributed by atoms with Gasteiger partial charge in [0.15, 0.2) is 17.8 Å². The van der Waals surface area contributed by atoms with Crippen molar-refractivity contribution in [1.82, 2.24) is 0 Å². The molecular formula is C16H16O4. The monoisotopic (exact) mass is 272 g/mol. The number of phenols is 1. The molecule has 0 saturated carbocycles. The van der Waals surface area contributed by atoms with Crippen molar-refractivity contribution in [3.63, 3.8) is 0 Å². The number of aldehydes is 2. The summed E-state index contributed by atoms with van der Waals surface area (Å²) in [6.45, 7) is 2.28. The molecule has 0 spiro atoms. The normalized spacial score (nSPS) is 9.05. The molecule has 0 aromatic heterocycles. The summed E-state index contributed by atoms with van der Waals surface area (Å²) in [4.78, 5) is 20.4. The van der Waals surface area contributed by atoms with Crippen molar-refractivity contribution in [2.24, 2.45) is 0 Å². The van der Waals surface area contributed by atoms with Crippen molar-refractivity contribution in [2.45, 2.75) is 6.92 Å². The quantitative estimate of drug-likeness (QED) is 0.869. The first kappa shape index (κ1) is 15.4. The predicted octanol–water partition coefficient (Wildman–Crippen LogP) is 3.10. The lowest BCUT2D eigenvalue weighted by Crippen LogP contribution is -1.93. The zero-order valence-corrected chi connectivity index (χ0v) is 11.2. The molecule has 0 aliphatic heterocycles. The Kier molecular flexibility index (Phi) is 6.54. The molecule has 0 unspecified atom stereocenters. The highest BCUT2D eigenvalue weighted by atomic mass is 16.5. The highest BCUT2D eigenvalue weighted by molar-refractivity contribution is 5.80. The Bertz CT molecular complexity index is 550. The van der Waals surface area contributed by atoms with E-state index >= 15 is 0 Å². The van der Waals surface area contributed by atoms with Crippen LogP contribution in [0.3, 0.4) is 0 Å². The maximum absolute atomic E-state index is 10.4. The Morgan fingerprint density at radius 1 is 1.00 bits per heavy atom. The minimum atomic E-state index is -0.0886. The average molecular weight is 272 g/mol. The summed E-state index contributed by atoms with van der Waals surface area (Å²) < 4.78 is 5.07. The van der Waals surface area contributed by atoms with E-state index in [4.69, 9.17) is 4.74 Å². The van der Waals surface area contributed by atoms with Gasteiger partial charge in [-0.3, -0.25) is 9.59 Å². The SMILES string of the molecule is CCOc1cccc(C=O)c1O.O=Cc1ccccc1. The van der Waals surface area contributed by atoms with Gasteiger partial charge < -0.3 is 9.84 Å². The molecule has 104 valence electrons. The molecule has 0 aliphatic carbocycles. The molecule has 0 aliphatic rings. The second-order valence-corrected chi connectivity index (χ2v) is 3.77. The third-order valence-electron chi connectivity index (χ3n) is 2.39. The number of para-hydroxylation sites is 1. The van der Waals surface area contributed by atoms with Crippen LogP contribution in [0.2, 0.25) is 0 Å². The fraction of sp³-hybridized carbons (Fsp3) is 0.125. The molecule has 0 saturated heterocycles. The maximum atomic E-state index is 10.4. The number of carbonyl (C=O) groups excluding carboxylic acids is 2. The molecule has 1 N–H and O–H groups in total. The van der Waals surface area contributed by atoms with Gasteiger partial charge in [-0.05, 0) is 19.1 Å². The lowest BCUT2D eigenvalue weighted by molar-refractivity contribution is 0.111. The number of ether oxygens (including phenoxy) is 1. The summed E-state index contributed by atoms with van der Waals surface area (Å²) >= 11 is 0. The van der Waals surface area contributed by atoms with E-state index in [0.717, 1.165) is 11.8 Å². The van der Waals surface area contributed by atoms with Crippen molar-refractivity contribution in [1.29, 1.82) is 0 Å². The molecule has 0 radical (unpaired) electrons. The Balaban J connectivity index is 0.000000217. The van der Waals surface area contributed by atoms with Gasteiger partial charge >= 0.3 is 0 Å². The Labute approximate surface area is 117 Å². The Morgan fingerprint density at radius 3 is 2.20 bits per heavy atom. The number of carbonyl (C=O) groups is 2. The van der Waals surface area contributed by atoms with E-state index in [0.29, 0.717) is 18.6 Å². The predicted molar refractivity (Wildman–Crippen MR) is 76.5 cm³/mol.